The quantitative estimate of drug-likeness (QED) is 0.183. The summed E-state index contributed by atoms with van der Waals surface area (Å²) >= 11 is 5.98. The number of anilines is 1. The van der Waals surface area contributed by atoms with Gasteiger partial charge < -0.3 is 14.8 Å². The van der Waals surface area contributed by atoms with Gasteiger partial charge in [-0.2, -0.15) is 0 Å². The van der Waals surface area contributed by atoms with Crippen molar-refractivity contribution in [2.24, 2.45) is 10.2 Å². The van der Waals surface area contributed by atoms with E-state index >= 15 is 0 Å². The van der Waals surface area contributed by atoms with E-state index in [0.717, 1.165) is 17.1 Å². The van der Waals surface area contributed by atoms with Crippen LogP contribution in [0.15, 0.2) is 87.9 Å². The topological polar surface area (TPSA) is 124 Å². The maximum Gasteiger partial charge on any atom is 0.285 e. The molecule has 11 heteroatoms. The average Bonchev–Trinajstić information content (AvgIpc) is 3.22. The Bertz CT molecular complexity index is 1520. The van der Waals surface area contributed by atoms with Gasteiger partial charge in [-0.1, -0.05) is 43.1 Å². The zero-order chi connectivity index (χ0) is 26.4. The number of carbonyl (C=O) groups excluding carboxylic acids is 1. The van der Waals surface area contributed by atoms with Gasteiger partial charge in [0, 0.05) is 10.4 Å². The van der Waals surface area contributed by atoms with Crippen LogP contribution >= 0.6 is 11.6 Å². The summed E-state index contributed by atoms with van der Waals surface area (Å²) in [6, 6.07) is 19.0. The van der Waals surface area contributed by atoms with Crippen LogP contribution in [0.25, 0.3) is 10.9 Å². The van der Waals surface area contributed by atoms with Gasteiger partial charge in [-0.05, 0) is 61.0 Å². The molecule has 0 aliphatic rings. The molecule has 192 valence electrons. The van der Waals surface area contributed by atoms with Crippen molar-refractivity contribution in [1.29, 1.82) is 0 Å². The van der Waals surface area contributed by atoms with Crippen molar-refractivity contribution >= 4 is 49.8 Å². The van der Waals surface area contributed by atoms with Gasteiger partial charge in [0.1, 0.15) is 12.3 Å². The number of azo groups is 1. The molecule has 0 aliphatic heterocycles. The molecule has 0 fully saturated rings. The Morgan fingerprint density at radius 1 is 1.05 bits per heavy atom. The summed E-state index contributed by atoms with van der Waals surface area (Å²) in [7, 11) is -4.16. The van der Waals surface area contributed by atoms with Crippen LogP contribution in [-0.2, 0) is 14.8 Å². The van der Waals surface area contributed by atoms with Crippen LogP contribution in [0.1, 0.15) is 19.8 Å². The average molecular weight is 541 g/mol. The second-order valence-electron chi connectivity index (χ2n) is 8.12. The lowest BCUT2D eigenvalue weighted by atomic mass is 10.2. The van der Waals surface area contributed by atoms with Gasteiger partial charge in [-0.15, -0.1) is 10.2 Å². The SMILES string of the molecule is CCCCOc1ccc(S(=O)(=O)N(CC(=O)N=Nc2c(O)[nH]c3ccccc23)c2ccc(Cl)cc2)cc1. The molecule has 0 saturated carbocycles. The molecule has 37 heavy (non-hydrogen) atoms. The van der Waals surface area contributed by atoms with E-state index < -0.39 is 22.5 Å². The number of hydrogen-bond acceptors (Lipinski definition) is 6. The second-order valence-corrected chi connectivity index (χ2v) is 10.4. The minimum atomic E-state index is -4.16. The molecule has 9 nitrogen and oxygen atoms in total. The van der Waals surface area contributed by atoms with Gasteiger partial charge in [-0.25, -0.2) is 8.42 Å². The first-order chi connectivity index (χ1) is 17.8. The van der Waals surface area contributed by atoms with Crippen molar-refractivity contribution in [3.63, 3.8) is 0 Å². The lowest BCUT2D eigenvalue weighted by molar-refractivity contribution is -0.116. The van der Waals surface area contributed by atoms with Gasteiger partial charge in [0.25, 0.3) is 15.9 Å². The third kappa shape index (κ3) is 6.10. The van der Waals surface area contributed by atoms with Crippen molar-refractivity contribution in [3.8, 4) is 11.6 Å². The summed E-state index contributed by atoms with van der Waals surface area (Å²) < 4.78 is 33.7. The number of rotatable bonds is 10. The molecule has 0 atom stereocenters. The Labute approximate surface area is 219 Å². The van der Waals surface area contributed by atoms with Crippen molar-refractivity contribution < 1.29 is 23.1 Å². The number of aromatic hydroxyl groups is 1. The molecular formula is C26H25ClN4O5S. The number of nitrogens with one attached hydrogen (secondary N) is 1. The second kappa shape index (κ2) is 11.4. The number of benzene rings is 3. The summed E-state index contributed by atoms with van der Waals surface area (Å²) in [5.74, 6) is -0.530. The monoisotopic (exact) mass is 540 g/mol. The van der Waals surface area contributed by atoms with Crippen LogP contribution in [0.2, 0.25) is 5.02 Å². The van der Waals surface area contributed by atoms with Crippen molar-refractivity contribution in [3.05, 3.63) is 77.8 Å². The third-order valence-electron chi connectivity index (χ3n) is 5.49. The van der Waals surface area contributed by atoms with Crippen LogP contribution in [0.4, 0.5) is 11.4 Å². The molecule has 1 heterocycles. The van der Waals surface area contributed by atoms with Crippen molar-refractivity contribution in [2.75, 3.05) is 17.5 Å². The van der Waals surface area contributed by atoms with Crippen molar-refractivity contribution in [1.82, 2.24) is 4.98 Å². The minimum absolute atomic E-state index is 0.0238. The highest BCUT2D eigenvalue weighted by molar-refractivity contribution is 7.92. The Balaban J connectivity index is 1.61. The fourth-order valence-electron chi connectivity index (χ4n) is 3.57. The van der Waals surface area contributed by atoms with Gasteiger partial charge >= 0.3 is 0 Å². The zero-order valence-electron chi connectivity index (χ0n) is 20.0. The minimum Gasteiger partial charge on any atom is -0.494 e. The maximum atomic E-state index is 13.6. The molecule has 2 N–H and O–H groups in total. The number of aromatic amines is 1. The first-order valence-corrected chi connectivity index (χ1v) is 13.4. The predicted molar refractivity (Wildman–Crippen MR) is 142 cm³/mol. The van der Waals surface area contributed by atoms with E-state index in [1.165, 1.54) is 36.4 Å². The van der Waals surface area contributed by atoms with E-state index in [0.29, 0.717) is 28.3 Å². The highest BCUT2D eigenvalue weighted by Gasteiger charge is 2.27. The summed E-state index contributed by atoms with van der Waals surface area (Å²) in [5.41, 5.74) is 0.934. The Kier molecular flexibility index (Phi) is 8.10. The molecule has 0 bridgehead atoms. The highest BCUT2D eigenvalue weighted by atomic mass is 35.5. The van der Waals surface area contributed by atoms with Crippen LogP contribution in [0.5, 0.6) is 11.6 Å². The summed E-state index contributed by atoms with van der Waals surface area (Å²) in [5, 5.41) is 18.7. The number of aromatic nitrogens is 1. The molecule has 4 rings (SSSR count). The van der Waals surface area contributed by atoms with E-state index in [1.54, 1.807) is 36.4 Å². The fraction of sp³-hybridized carbons (Fsp3) is 0.192. The third-order valence-corrected chi connectivity index (χ3v) is 7.53. The van der Waals surface area contributed by atoms with E-state index in [4.69, 9.17) is 16.3 Å². The maximum absolute atomic E-state index is 13.6. The zero-order valence-corrected chi connectivity index (χ0v) is 21.5. The molecule has 1 aromatic heterocycles. The largest absolute Gasteiger partial charge is 0.494 e. The summed E-state index contributed by atoms with van der Waals surface area (Å²) in [4.78, 5) is 15.5. The number of fused-ring (bicyclic) bond motifs is 1. The van der Waals surface area contributed by atoms with E-state index in [1.807, 2.05) is 0 Å². The normalized spacial score (nSPS) is 11.7. The molecule has 1 amide bonds. The van der Waals surface area contributed by atoms with E-state index in [9.17, 15) is 18.3 Å². The number of carbonyl (C=O) groups is 1. The molecular weight excluding hydrogens is 516 g/mol. The molecule has 0 aliphatic carbocycles. The van der Waals surface area contributed by atoms with E-state index in [2.05, 4.69) is 22.1 Å². The van der Waals surface area contributed by atoms with Crippen LogP contribution in [0.3, 0.4) is 0 Å². The summed E-state index contributed by atoms with van der Waals surface area (Å²) in [6.07, 6.45) is 1.87. The van der Waals surface area contributed by atoms with Gasteiger partial charge in [0.05, 0.1) is 22.7 Å². The number of ether oxygens (including phenoxy) is 1. The predicted octanol–water partition coefficient (Wildman–Crippen LogP) is 6.21. The number of hydrogen-bond donors (Lipinski definition) is 2. The van der Waals surface area contributed by atoms with Gasteiger partial charge in [0.2, 0.25) is 5.88 Å². The molecule has 0 saturated heterocycles. The molecule has 0 radical (unpaired) electrons. The van der Waals surface area contributed by atoms with Crippen LogP contribution in [-0.4, -0.2) is 37.6 Å². The van der Waals surface area contributed by atoms with Gasteiger partial charge in [0.15, 0.2) is 5.69 Å². The molecule has 3 aromatic carbocycles. The highest BCUT2D eigenvalue weighted by Crippen LogP contribution is 2.35. The molecule has 4 aromatic rings. The number of nitrogens with zero attached hydrogens (tertiary/aromatic N) is 3. The Morgan fingerprint density at radius 3 is 2.46 bits per heavy atom. The number of H-pyrrole nitrogens is 1. The van der Waals surface area contributed by atoms with Crippen LogP contribution < -0.4 is 9.04 Å². The van der Waals surface area contributed by atoms with Crippen LogP contribution in [0, 0.1) is 0 Å². The molecule has 0 spiro atoms. The van der Waals surface area contributed by atoms with Crippen molar-refractivity contribution in [2.45, 2.75) is 24.7 Å². The fourth-order valence-corrected chi connectivity index (χ4v) is 5.11. The number of amides is 1. The Morgan fingerprint density at radius 2 is 1.76 bits per heavy atom. The number of halogens is 1. The lowest BCUT2D eigenvalue weighted by Crippen LogP contribution is -2.35. The number of sulfonamides is 1. The number of unbranched alkanes of at least 4 members (excludes halogenated alkanes) is 1. The summed E-state index contributed by atoms with van der Waals surface area (Å²) in [6.45, 7) is 1.96. The number of para-hydroxylation sites is 1. The van der Waals surface area contributed by atoms with Gasteiger partial charge in [-0.3, -0.25) is 9.10 Å². The first kappa shape index (κ1) is 26.2. The first-order valence-electron chi connectivity index (χ1n) is 11.5. The standard InChI is InChI=1S/C26H25ClN4O5S/c1-2-3-16-36-20-12-14-21(15-13-20)37(34,35)31(19-10-8-18(27)9-11-19)17-24(32)29-30-25-22-6-4-5-7-23(22)28-26(25)33/h4-15,28,33H,2-3,16-17H2,1H3. The lowest BCUT2D eigenvalue weighted by Gasteiger charge is -2.23. The van der Waals surface area contributed by atoms with E-state index in [-0.39, 0.29) is 22.2 Å². The smallest absolute Gasteiger partial charge is 0.285 e. The molecule has 0 unspecified atom stereocenters. The Hall–Kier alpha value is -3.89.